The van der Waals surface area contributed by atoms with Crippen molar-refractivity contribution in [3.8, 4) is 28.4 Å². The minimum atomic E-state index is 0.580. The first-order chi connectivity index (χ1) is 12.5. The van der Waals surface area contributed by atoms with Gasteiger partial charge in [-0.2, -0.15) is 0 Å². The van der Waals surface area contributed by atoms with Gasteiger partial charge in [-0.05, 0) is 39.0 Å². The van der Waals surface area contributed by atoms with Crippen molar-refractivity contribution in [2.75, 3.05) is 7.11 Å². The van der Waals surface area contributed by atoms with Gasteiger partial charge >= 0.3 is 0 Å². The van der Waals surface area contributed by atoms with Crippen LogP contribution < -0.4 is 4.74 Å². The molecule has 0 saturated heterocycles. The zero-order valence-electron chi connectivity index (χ0n) is 15.5. The maximum Gasteiger partial charge on any atom is 0.212 e. The van der Waals surface area contributed by atoms with E-state index in [2.05, 4.69) is 40.8 Å². The van der Waals surface area contributed by atoms with Crippen LogP contribution in [0.25, 0.3) is 33.4 Å². The minimum absolute atomic E-state index is 0.580. The second-order valence-corrected chi connectivity index (χ2v) is 6.42. The first-order valence-corrected chi connectivity index (χ1v) is 8.40. The molecule has 0 aliphatic heterocycles. The Morgan fingerprint density at radius 2 is 1.92 bits per heavy atom. The number of methoxy groups -OCH3 is 1. The number of ether oxygens (including phenoxy) is 1. The fourth-order valence-electron chi connectivity index (χ4n) is 3.29. The van der Waals surface area contributed by atoms with Crippen LogP contribution in [0, 0.1) is 20.8 Å². The lowest BCUT2D eigenvalue weighted by molar-refractivity contribution is 0.393. The summed E-state index contributed by atoms with van der Waals surface area (Å²) in [6.07, 6.45) is 1.79. The van der Waals surface area contributed by atoms with E-state index in [9.17, 15) is 0 Å². The highest BCUT2D eigenvalue weighted by Crippen LogP contribution is 2.34. The molecule has 0 unspecified atom stereocenters. The molecule has 0 saturated carbocycles. The molecule has 0 amide bonds. The lowest BCUT2D eigenvalue weighted by Crippen LogP contribution is -1.95. The molecule has 26 heavy (non-hydrogen) atoms. The average Bonchev–Trinajstić information content (AvgIpc) is 3.13. The van der Waals surface area contributed by atoms with Crippen molar-refractivity contribution in [3.63, 3.8) is 0 Å². The highest BCUT2D eigenvalue weighted by Gasteiger charge is 2.18. The highest BCUT2D eigenvalue weighted by atomic mass is 16.5. The molecule has 0 fully saturated rings. The molecular formula is C20H20N4O2. The lowest BCUT2D eigenvalue weighted by atomic mass is 10.0. The van der Waals surface area contributed by atoms with Crippen molar-refractivity contribution in [2.24, 2.45) is 7.05 Å². The Kier molecular flexibility index (Phi) is 3.76. The van der Waals surface area contributed by atoms with E-state index in [4.69, 9.17) is 14.2 Å². The van der Waals surface area contributed by atoms with Gasteiger partial charge in [-0.3, -0.25) is 0 Å². The third-order valence-corrected chi connectivity index (χ3v) is 4.79. The van der Waals surface area contributed by atoms with Crippen molar-refractivity contribution < 1.29 is 9.26 Å². The van der Waals surface area contributed by atoms with E-state index < -0.39 is 0 Å². The SMILES string of the molecule is COc1ccc(-c2nc(-c3c(C)noc3C)cc3c2cc(C)n3C)cn1. The zero-order chi connectivity index (χ0) is 18.4. The molecule has 0 N–H and O–H groups in total. The first-order valence-electron chi connectivity index (χ1n) is 8.40. The van der Waals surface area contributed by atoms with E-state index in [0.29, 0.717) is 5.88 Å². The van der Waals surface area contributed by atoms with E-state index in [0.717, 1.165) is 44.9 Å². The van der Waals surface area contributed by atoms with Gasteiger partial charge in [0.05, 0.1) is 35.3 Å². The minimum Gasteiger partial charge on any atom is -0.481 e. The summed E-state index contributed by atoms with van der Waals surface area (Å²) >= 11 is 0. The van der Waals surface area contributed by atoms with Crippen molar-refractivity contribution >= 4 is 10.9 Å². The largest absolute Gasteiger partial charge is 0.481 e. The fourth-order valence-corrected chi connectivity index (χ4v) is 3.29. The lowest BCUT2D eigenvalue weighted by Gasteiger charge is -2.09. The number of pyridine rings is 2. The van der Waals surface area contributed by atoms with Crippen LogP contribution >= 0.6 is 0 Å². The summed E-state index contributed by atoms with van der Waals surface area (Å²) in [5.41, 5.74) is 6.72. The molecule has 0 aliphatic rings. The van der Waals surface area contributed by atoms with Gasteiger partial charge < -0.3 is 13.8 Å². The Balaban J connectivity index is 2.02. The van der Waals surface area contributed by atoms with Crippen LogP contribution in [-0.2, 0) is 7.05 Å². The Morgan fingerprint density at radius 3 is 2.54 bits per heavy atom. The summed E-state index contributed by atoms with van der Waals surface area (Å²) in [6, 6.07) is 8.07. The van der Waals surface area contributed by atoms with Gasteiger partial charge in [-0.25, -0.2) is 9.97 Å². The molecule has 6 nitrogen and oxygen atoms in total. The third-order valence-electron chi connectivity index (χ3n) is 4.79. The Labute approximate surface area is 151 Å². The van der Waals surface area contributed by atoms with Crippen molar-refractivity contribution in [3.05, 3.63) is 47.6 Å². The highest BCUT2D eigenvalue weighted by molar-refractivity contribution is 5.96. The van der Waals surface area contributed by atoms with E-state index >= 15 is 0 Å². The molecule has 4 rings (SSSR count). The van der Waals surface area contributed by atoms with E-state index in [1.165, 1.54) is 5.69 Å². The van der Waals surface area contributed by atoms with Gasteiger partial charge in [-0.15, -0.1) is 0 Å². The monoisotopic (exact) mass is 348 g/mol. The summed E-state index contributed by atoms with van der Waals surface area (Å²) < 4.78 is 12.7. The molecule has 4 aromatic heterocycles. The van der Waals surface area contributed by atoms with Gasteiger partial charge in [0.2, 0.25) is 5.88 Å². The third kappa shape index (κ3) is 2.45. The quantitative estimate of drug-likeness (QED) is 0.554. The van der Waals surface area contributed by atoms with Gasteiger partial charge in [0.1, 0.15) is 5.76 Å². The van der Waals surface area contributed by atoms with E-state index in [1.54, 1.807) is 13.3 Å². The first kappa shape index (κ1) is 16.3. The van der Waals surface area contributed by atoms with E-state index in [-0.39, 0.29) is 0 Å². The summed E-state index contributed by atoms with van der Waals surface area (Å²) in [4.78, 5) is 9.29. The molecule has 0 atom stereocenters. The van der Waals surface area contributed by atoms with Crippen LogP contribution in [0.5, 0.6) is 5.88 Å². The van der Waals surface area contributed by atoms with Crippen LogP contribution in [0.3, 0.4) is 0 Å². The smallest absolute Gasteiger partial charge is 0.212 e. The second-order valence-electron chi connectivity index (χ2n) is 6.42. The zero-order valence-corrected chi connectivity index (χ0v) is 15.5. The van der Waals surface area contributed by atoms with Crippen molar-refractivity contribution in [1.29, 1.82) is 0 Å². The molecule has 0 spiro atoms. The molecule has 0 aliphatic carbocycles. The summed E-state index contributed by atoms with van der Waals surface area (Å²) in [5, 5.41) is 5.16. The Morgan fingerprint density at radius 1 is 1.12 bits per heavy atom. The number of nitrogens with zero attached hydrogens (tertiary/aromatic N) is 4. The number of fused-ring (bicyclic) bond motifs is 1. The Bertz CT molecular complexity index is 1090. The number of aromatic nitrogens is 4. The van der Waals surface area contributed by atoms with Crippen LogP contribution in [0.1, 0.15) is 17.1 Å². The number of aryl methyl sites for hydroxylation is 4. The number of hydrogen-bond donors (Lipinski definition) is 0. The van der Waals surface area contributed by atoms with Gasteiger partial charge in [0.25, 0.3) is 0 Å². The van der Waals surface area contributed by atoms with Crippen LogP contribution in [0.4, 0.5) is 0 Å². The fraction of sp³-hybridized carbons (Fsp3) is 0.250. The topological polar surface area (TPSA) is 66.0 Å². The summed E-state index contributed by atoms with van der Waals surface area (Å²) in [7, 11) is 3.67. The maximum absolute atomic E-state index is 5.35. The molecule has 6 heteroatoms. The van der Waals surface area contributed by atoms with Crippen LogP contribution in [0.2, 0.25) is 0 Å². The van der Waals surface area contributed by atoms with Gasteiger partial charge in [0.15, 0.2) is 0 Å². The van der Waals surface area contributed by atoms with Crippen LogP contribution in [0.15, 0.2) is 35.0 Å². The summed E-state index contributed by atoms with van der Waals surface area (Å²) in [5.74, 6) is 1.34. The normalized spacial score (nSPS) is 11.3. The molecule has 4 aromatic rings. The molecule has 0 bridgehead atoms. The second kappa shape index (κ2) is 5.98. The average molecular weight is 348 g/mol. The van der Waals surface area contributed by atoms with Gasteiger partial charge in [0, 0.05) is 36.0 Å². The summed E-state index contributed by atoms with van der Waals surface area (Å²) in [6.45, 7) is 5.93. The number of hydrogen-bond acceptors (Lipinski definition) is 5. The Hall–Kier alpha value is -3.15. The van der Waals surface area contributed by atoms with E-state index in [1.807, 2.05) is 26.0 Å². The predicted molar refractivity (Wildman–Crippen MR) is 100 cm³/mol. The predicted octanol–water partition coefficient (Wildman–Crippen LogP) is 4.22. The molecule has 0 radical (unpaired) electrons. The molecular weight excluding hydrogens is 328 g/mol. The number of rotatable bonds is 3. The van der Waals surface area contributed by atoms with Gasteiger partial charge in [-0.1, -0.05) is 5.16 Å². The maximum atomic E-state index is 5.35. The molecule has 4 heterocycles. The van der Waals surface area contributed by atoms with Crippen molar-refractivity contribution in [2.45, 2.75) is 20.8 Å². The molecule has 132 valence electrons. The van der Waals surface area contributed by atoms with Crippen molar-refractivity contribution in [1.82, 2.24) is 19.7 Å². The standard InChI is InChI=1S/C20H20N4O2/c1-11-8-15-17(24(11)4)9-16(19-12(2)23-26-13(19)3)22-20(15)14-6-7-18(25-5)21-10-14/h6-10H,1-5H3. The van der Waals surface area contributed by atoms with Crippen LogP contribution in [-0.4, -0.2) is 26.8 Å². The molecule has 0 aromatic carbocycles.